The molecule has 2 nitrogen and oxygen atoms in total. The van der Waals surface area contributed by atoms with Crippen molar-refractivity contribution in [2.45, 2.75) is 19.3 Å². The van der Waals surface area contributed by atoms with Crippen LogP contribution in [0.3, 0.4) is 0 Å². The summed E-state index contributed by atoms with van der Waals surface area (Å²) < 4.78 is 5.47. The molecule has 1 heterocycles. The summed E-state index contributed by atoms with van der Waals surface area (Å²) in [5, 5.41) is 9.76. The van der Waals surface area contributed by atoms with Gasteiger partial charge in [0.25, 0.3) is 0 Å². The van der Waals surface area contributed by atoms with Crippen LogP contribution >= 0.6 is 11.6 Å². The van der Waals surface area contributed by atoms with Crippen LogP contribution in [-0.2, 0) is 6.42 Å². The summed E-state index contributed by atoms with van der Waals surface area (Å²) in [7, 11) is 0. The van der Waals surface area contributed by atoms with Gasteiger partial charge >= 0.3 is 0 Å². The first-order chi connectivity index (χ1) is 6.27. The number of halogens is 1. The number of aromatic hydroxyl groups is 1. The van der Waals surface area contributed by atoms with E-state index in [1.165, 1.54) is 0 Å². The van der Waals surface area contributed by atoms with Gasteiger partial charge in [0.15, 0.2) is 0 Å². The van der Waals surface area contributed by atoms with E-state index in [9.17, 15) is 5.11 Å². The second-order valence-electron chi connectivity index (χ2n) is 3.22. The molecule has 1 aromatic rings. The van der Waals surface area contributed by atoms with E-state index in [0.29, 0.717) is 5.02 Å². The molecule has 0 fully saturated rings. The fraction of sp³-hybridized carbons (Fsp3) is 0.400. The van der Waals surface area contributed by atoms with Crippen molar-refractivity contribution in [1.29, 1.82) is 0 Å². The Bertz CT molecular complexity index is 292. The van der Waals surface area contributed by atoms with Crippen molar-refractivity contribution < 1.29 is 9.84 Å². The monoisotopic (exact) mass is 198 g/mol. The Hall–Kier alpha value is -0.890. The molecular weight excluding hydrogens is 188 g/mol. The van der Waals surface area contributed by atoms with E-state index in [0.717, 1.165) is 37.2 Å². The third kappa shape index (κ3) is 1.73. The van der Waals surface area contributed by atoms with Crippen LogP contribution in [0.2, 0.25) is 5.02 Å². The fourth-order valence-electron chi connectivity index (χ4n) is 1.51. The van der Waals surface area contributed by atoms with Crippen LogP contribution in [0.1, 0.15) is 18.4 Å². The second kappa shape index (κ2) is 3.46. The lowest BCUT2D eigenvalue weighted by atomic mass is 10.1. The van der Waals surface area contributed by atoms with Crippen molar-refractivity contribution >= 4 is 11.6 Å². The minimum absolute atomic E-state index is 0.0994. The van der Waals surface area contributed by atoms with E-state index in [4.69, 9.17) is 16.3 Å². The van der Waals surface area contributed by atoms with Crippen molar-refractivity contribution in [3.63, 3.8) is 0 Å². The molecule has 1 aliphatic rings. The van der Waals surface area contributed by atoms with Gasteiger partial charge in [-0.1, -0.05) is 11.6 Å². The summed E-state index contributed by atoms with van der Waals surface area (Å²) in [4.78, 5) is 0. The highest BCUT2D eigenvalue weighted by molar-refractivity contribution is 6.32. The molecule has 0 spiro atoms. The molecule has 1 aromatic carbocycles. The minimum atomic E-state index is 0.0994. The molecule has 1 N–H and O–H groups in total. The zero-order chi connectivity index (χ0) is 9.26. The zero-order valence-corrected chi connectivity index (χ0v) is 7.97. The molecule has 2 rings (SSSR count). The van der Waals surface area contributed by atoms with Gasteiger partial charge in [0.1, 0.15) is 11.5 Å². The van der Waals surface area contributed by atoms with Crippen molar-refractivity contribution in [2.75, 3.05) is 6.61 Å². The number of ether oxygens (including phenoxy) is 1. The Balaban J connectivity index is 2.43. The number of phenols is 1. The van der Waals surface area contributed by atoms with Crippen LogP contribution in [0.25, 0.3) is 0 Å². The standard InChI is InChI=1S/C10H11ClO2/c11-8-5-7-3-1-2-4-13-10(7)6-9(8)12/h5-6,12H,1-4H2. The van der Waals surface area contributed by atoms with Gasteiger partial charge in [-0.2, -0.15) is 0 Å². The second-order valence-corrected chi connectivity index (χ2v) is 3.62. The molecule has 0 atom stereocenters. The van der Waals surface area contributed by atoms with Gasteiger partial charge in [0.2, 0.25) is 0 Å². The van der Waals surface area contributed by atoms with Crippen molar-refractivity contribution in [3.05, 3.63) is 22.7 Å². The average molecular weight is 199 g/mol. The molecule has 0 aliphatic carbocycles. The Labute approximate surface area is 82.1 Å². The maximum Gasteiger partial charge on any atom is 0.137 e. The molecule has 0 amide bonds. The zero-order valence-electron chi connectivity index (χ0n) is 7.22. The maximum absolute atomic E-state index is 9.36. The first-order valence-electron chi connectivity index (χ1n) is 4.41. The van der Waals surface area contributed by atoms with Gasteiger partial charge in [0, 0.05) is 6.07 Å². The van der Waals surface area contributed by atoms with Crippen molar-refractivity contribution in [3.8, 4) is 11.5 Å². The Kier molecular flexibility index (Phi) is 2.32. The average Bonchev–Trinajstić information content (AvgIpc) is 2.31. The summed E-state index contributed by atoms with van der Waals surface area (Å²) in [6.07, 6.45) is 3.16. The summed E-state index contributed by atoms with van der Waals surface area (Å²) in [6, 6.07) is 3.39. The summed E-state index contributed by atoms with van der Waals surface area (Å²) in [5.74, 6) is 0.877. The van der Waals surface area contributed by atoms with Gasteiger partial charge in [0.05, 0.1) is 11.6 Å². The lowest BCUT2D eigenvalue weighted by Crippen LogP contribution is -1.94. The van der Waals surface area contributed by atoms with E-state index in [-0.39, 0.29) is 5.75 Å². The number of hydrogen-bond acceptors (Lipinski definition) is 2. The highest BCUT2D eigenvalue weighted by Gasteiger charge is 2.11. The van der Waals surface area contributed by atoms with E-state index >= 15 is 0 Å². The quantitative estimate of drug-likeness (QED) is 0.695. The number of phenolic OH excluding ortho intramolecular Hbond substituents is 1. The topological polar surface area (TPSA) is 29.5 Å². The Morgan fingerprint density at radius 3 is 3.00 bits per heavy atom. The summed E-state index contributed by atoms with van der Waals surface area (Å²) >= 11 is 5.79. The van der Waals surface area contributed by atoms with Crippen LogP contribution in [0.15, 0.2) is 12.1 Å². The molecular formula is C10H11ClO2. The Morgan fingerprint density at radius 1 is 1.31 bits per heavy atom. The number of hydrogen-bond donors (Lipinski definition) is 1. The van der Waals surface area contributed by atoms with E-state index in [2.05, 4.69) is 0 Å². The van der Waals surface area contributed by atoms with Crippen LogP contribution in [0.5, 0.6) is 11.5 Å². The number of rotatable bonds is 0. The largest absolute Gasteiger partial charge is 0.506 e. The third-order valence-electron chi connectivity index (χ3n) is 2.23. The molecule has 3 heteroatoms. The molecule has 0 aromatic heterocycles. The molecule has 0 saturated heterocycles. The molecule has 70 valence electrons. The SMILES string of the molecule is Oc1cc2c(cc1Cl)CCCCO2. The molecule has 0 bridgehead atoms. The van der Waals surface area contributed by atoms with Crippen molar-refractivity contribution in [1.82, 2.24) is 0 Å². The maximum atomic E-state index is 9.36. The van der Waals surface area contributed by atoms with Gasteiger partial charge in [-0.3, -0.25) is 0 Å². The van der Waals surface area contributed by atoms with Crippen LogP contribution in [0.4, 0.5) is 0 Å². The van der Waals surface area contributed by atoms with Crippen LogP contribution < -0.4 is 4.74 Å². The summed E-state index contributed by atoms with van der Waals surface area (Å²) in [6.45, 7) is 0.730. The number of fused-ring (bicyclic) bond motifs is 1. The smallest absolute Gasteiger partial charge is 0.137 e. The first kappa shape index (κ1) is 8.70. The number of aryl methyl sites for hydroxylation is 1. The molecule has 0 unspecified atom stereocenters. The van der Waals surface area contributed by atoms with Gasteiger partial charge < -0.3 is 9.84 Å². The molecule has 1 aliphatic heterocycles. The molecule has 0 radical (unpaired) electrons. The van der Waals surface area contributed by atoms with Crippen LogP contribution in [-0.4, -0.2) is 11.7 Å². The number of benzene rings is 1. The normalized spacial score (nSPS) is 15.8. The lowest BCUT2D eigenvalue weighted by Gasteiger charge is -2.07. The lowest BCUT2D eigenvalue weighted by molar-refractivity contribution is 0.315. The van der Waals surface area contributed by atoms with E-state index in [1.54, 1.807) is 12.1 Å². The highest BCUT2D eigenvalue weighted by Crippen LogP contribution is 2.33. The minimum Gasteiger partial charge on any atom is -0.506 e. The van der Waals surface area contributed by atoms with E-state index < -0.39 is 0 Å². The predicted molar refractivity (Wildman–Crippen MR) is 51.5 cm³/mol. The van der Waals surface area contributed by atoms with E-state index in [1.807, 2.05) is 0 Å². The van der Waals surface area contributed by atoms with Crippen molar-refractivity contribution in [2.24, 2.45) is 0 Å². The predicted octanol–water partition coefficient (Wildman–Crippen LogP) is 2.76. The third-order valence-corrected chi connectivity index (χ3v) is 2.53. The highest BCUT2D eigenvalue weighted by atomic mass is 35.5. The van der Waals surface area contributed by atoms with Gasteiger partial charge in [-0.15, -0.1) is 0 Å². The fourth-order valence-corrected chi connectivity index (χ4v) is 1.70. The van der Waals surface area contributed by atoms with Gasteiger partial charge in [-0.25, -0.2) is 0 Å². The first-order valence-corrected chi connectivity index (χ1v) is 4.79. The Morgan fingerprint density at radius 2 is 2.15 bits per heavy atom. The molecule has 0 saturated carbocycles. The van der Waals surface area contributed by atoms with Crippen LogP contribution in [0, 0.1) is 0 Å². The van der Waals surface area contributed by atoms with Gasteiger partial charge in [-0.05, 0) is 30.9 Å². The molecule has 13 heavy (non-hydrogen) atoms. The summed E-state index contributed by atoms with van der Waals surface area (Å²) in [5.41, 5.74) is 1.10.